The number of hydrogen-bond donors (Lipinski definition) is 1. The van der Waals surface area contributed by atoms with Crippen LogP contribution in [0.4, 0.5) is 5.69 Å². The van der Waals surface area contributed by atoms with Gasteiger partial charge < -0.3 is 15.0 Å². The zero-order valence-electron chi connectivity index (χ0n) is 28.4. The second-order valence-electron chi connectivity index (χ2n) is 12.1. The predicted octanol–water partition coefficient (Wildman–Crippen LogP) is 7.54. The molecule has 5 aromatic carbocycles. The molecule has 0 bridgehead atoms. The van der Waals surface area contributed by atoms with Crippen molar-refractivity contribution in [1.29, 1.82) is 0 Å². The number of nitrogens with one attached hydrogen (secondary N) is 1. The Hall–Kier alpha value is -5.41. The Morgan fingerprint density at radius 1 is 0.720 bits per heavy atom. The molecular formula is C41H43N3O5S. The summed E-state index contributed by atoms with van der Waals surface area (Å²) in [5.41, 5.74) is 2.88. The van der Waals surface area contributed by atoms with Crippen molar-refractivity contribution >= 4 is 27.5 Å². The normalized spacial score (nSPS) is 11.7. The van der Waals surface area contributed by atoms with E-state index in [1.54, 1.807) is 36.4 Å². The van der Waals surface area contributed by atoms with E-state index in [1.165, 1.54) is 17.0 Å². The SMILES string of the molecule is CCCCNC(=O)[C@H](Cc1ccccc1)N(Cc1ccccc1)C(=O)CN(c1ccc(Oc2ccccc2)cc1)S(=O)(=O)c1ccc(C)cc1. The summed E-state index contributed by atoms with van der Waals surface area (Å²) in [4.78, 5) is 30.1. The Balaban J connectivity index is 1.53. The summed E-state index contributed by atoms with van der Waals surface area (Å²) < 4.78 is 35.8. The van der Waals surface area contributed by atoms with E-state index in [1.807, 2.05) is 105 Å². The van der Waals surface area contributed by atoms with Crippen molar-refractivity contribution in [2.24, 2.45) is 0 Å². The van der Waals surface area contributed by atoms with E-state index in [4.69, 9.17) is 4.74 Å². The number of unbranched alkanes of at least 4 members (excludes halogenated alkanes) is 1. The van der Waals surface area contributed by atoms with Crippen molar-refractivity contribution in [2.45, 2.75) is 50.6 Å². The molecule has 0 unspecified atom stereocenters. The molecule has 0 radical (unpaired) electrons. The van der Waals surface area contributed by atoms with Gasteiger partial charge in [0.05, 0.1) is 10.6 Å². The molecule has 5 aromatic rings. The number of carbonyl (C=O) groups is 2. The lowest BCUT2D eigenvalue weighted by atomic mass is 10.0. The number of amides is 2. The van der Waals surface area contributed by atoms with E-state index >= 15 is 0 Å². The van der Waals surface area contributed by atoms with E-state index in [-0.39, 0.29) is 29.5 Å². The summed E-state index contributed by atoms with van der Waals surface area (Å²) in [7, 11) is -4.22. The highest BCUT2D eigenvalue weighted by Crippen LogP contribution is 2.29. The quantitative estimate of drug-likeness (QED) is 0.108. The number of rotatable bonds is 16. The fourth-order valence-corrected chi connectivity index (χ4v) is 6.93. The van der Waals surface area contributed by atoms with Crippen LogP contribution in [0.15, 0.2) is 144 Å². The third-order valence-corrected chi connectivity index (χ3v) is 10.1. The van der Waals surface area contributed by atoms with Gasteiger partial charge in [-0.1, -0.05) is 110 Å². The minimum Gasteiger partial charge on any atom is -0.457 e. The first-order chi connectivity index (χ1) is 24.2. The summed E-state index contributed by atoms with van der Waals surface area (Å²) in [6, 6.07) is 40.4. The van der Waals surface area contributed by atoms with Gasteiger partial charge in [0.2, 0.25) is 11.8 Å². The first kappa shape index (κ1) is 35.9. The van der Waals surface area contributed by atoms with Crippen LogP contribution < -0.4 is 14.4 Å². The average molecular weight is 690 g/mol. The molecule has 0 saturated carbocycles. The highest BCUT2D eigenvalue weighted by molar-refractivity contribution is 7.92. The lowest BCUT2D eigenvalue weighted by molar-refractivity contribution is -0.140. The van der Waals surface area contributed by atoms with Crippen molar-refractivity contribution in [3.63, 3.8) is 0 Å². The van der Waals surface area contributed by atoms with Gasteiger partial charge in [0.1, 0.15) is 24.1 Å². The zero-order valence-corrected chi connectivity index (χ0v) is 29.3. The van der Waals surface area contributed by atoms with Crippen molar-refractivity contribution in [3.05, 3.63) is 156 Å². The number of hydrogen-bond acceptors (Lipinski definition) is 5. The lowest BCUT2D eigenvalue weighted by Gasteiger charge is -2.34. The first-order valence-electron chi connectivity index (χ1n) is 16.8. The molecule has 2 amide bonds. The number of anilines is 1. The second-order valence-corrected chi connectivity index (χ2v) is 14.0. The maximum absolute atomic E-state index is 14.7. The van der Waals surface area contributed by atoms with Gasteiger partial charge in [-0.05, 0) is 73.0 Å². The van der Waals surface area contributed by atoms with Gasteiger partial charge >= 0.3 is 0 Å². The molecule has 0 saturated heterocycles. The highest BCUT2D eigenvalue weighted by atomic mass is 32.2. The predicted molar refractivity (Wildman–Crippen MR) is 198 cm³/mol. The van der Waals surface area contributed by atoms with Gasteiger partial charge in [-0.2, -0.15) is 0 Å². The minimum atomic E-state index is -4.22. The van der Waals surface area contributed by atoms with Crippen LogP contribution in [0, 0.1) is 6.92 Å². The van der Waals surface area contributed by atoms with E-state index in [0.29, 0.717) is 18.0 Å². The molecular weight excluding hydrogens is 647 g/mol. The van der Waals surface area contributed by atoms with Crippen LogP contribution >= 0.6 is 0 Å². The molecule has 0 aromatic heterocycles. The molecule has 50 heavy (non-hydrogen) atoms. The Labute approximate surface area is 295 Å². The van der Waals surface area contributed by atoms with Gasteiger partial charge in [-0.3, -0.25) is 13.9 Å². The summed E-state index contributed by atoms with van der Waals surface area (Å²) in [5, 5.41) is 3.02. The van der Waals surface area contributed by atoms with Crippen molar-refractivity contribution in [2.75, 3.05) is 17.4 Å². The zero-order chi connectivity index (χ0) is 35.3. The van der Waals surface area contributed by atoms with E-state index in [2.05, 4.69) is 5.32 Å². The molecule has 5 rings (SSSR count). The molecule has 0 fully saturated rings. The number of nitrogens with zero attached hydrogens (tertiary/aromatic N) is 2. The Kier molecular flexibility index (Phi) is 12.4. The smallest absolute Gasteiger partial charge is 0.264 e. The molecule has 0 heterocycles. The standard InChI is InChI=1S/C41H43N3O5S/c1-3-4-28-42-41(46)39(29-33-14-8-5-9-15-33)43(30-34-16-10-6-11-17-34)40(45)31-44(50(47,48)38-26-20-32(2)21-27-38)35-22-24-37(25-23-35)49-36-18-12-7-13-19-36/h5-27,39H,3-4,28-31H2,1-2H3,(H,42,46)/t39-/m0/s1. The highest BCUT2D eigenvalue weighted by Gasteiger charge is 2.34. The maximum atomic E-state index is 14.7. The number of benzene rings is 5. The Morgan fingerprint density at radius 2 is 1.28 bits per heavy atom. The molecule has 1 atom stereocenters. The second kappa shape index (κ2) is 17.3. The monoisotopic (exact) mass is 689 g/mol. The van der Waals surface area contributed by atoms with Crippen LogP contribution in [0.1, 0.15) is 36.5 Å². The maximum Gasteiger partial charge on any atom is 0.264 e. The van der Waals surface area contributed by atoms with Crippen LogP contribution in [0.5, 0.6) is 11.5 Å². The summed E-state index contributed by atoms with van der Waals surface area (Å²) in [6.45, 7) is 3.97. The van der Waals surface area contributed by atoms with E-state index in [9.17, 15) is 18.0 Å². The van der Waals surface area contributed by atoms with Gasteiger partial charge in [0.15, 0.2) is 0 Å². The van der Waals surface area contributed by atoms with Gasteiger partial charge in [0, 0.05) is 19.5 Å². The topological polar surface area (TPSA) is 96.0 Å². The van der Waals surface area contributed by atoms with Crippen LogP contribution in [-0.2, 0) is 32.6 Å². The fourth-order valence-electron chi connectivity index (χ4n) is 5.51. The largest absolute Gasteiger partial charge is 0.457 e. The molecule has 0 aliphatic heterocycles. The molecule has 0 spiro atoms. The number of sulfonamides is 1. The van der Waals surface area contributed by atoms with E-state index in [0.717, 1.165) is 33.8 Å². The van der Waals surface area contributed by atoms with Gasteiger partial charge in [-0.15, -0.1) is 0 Å². The number of aryl methyl sites for hydroxylation is 1. The Bertz CT molecular complexity index is 1920. The van der Waals surface area contributed by atoms with Crippen LogP contribution in [0.25, 0.3) is 0 Å². The van der Waals surface area contributed by atoms with E-state index < -0.39 is 28.5 Å². The number of para-hydroxylation sites is 1. The van der Waals surface area contributed by atoms with Crippen molar-refractivity contribution in [3.8, 4) is 11.5 Å². The third kappa shape index (κ3) is 9.60. The first-order valence-corrected chi connectivity index (χ1v) is 18.3. The lowest BCUT2D eigenvalue weighted by Crippen LogP contribution is -2.53. The van der Waals surface area contributed by atoms with Crippen molar-refractivity contribution < 1.29 is 22.7 Å². The molecule has 8 nitrogen and oxygen atoms in total. The molecule has 9 heteroatoms. The fraction of sp³-hybridized carbons (Fsp3) is 0.220. The Morgan fingerprint density at radius 3 is 1.88 bits per heavy atom. The summed E-state index contributed by atoms with van der Waals surface area (Å²) in [6.07, 6.45) is 1.95. The molecule has 0 aliphatic rings. The minimum absolute atomic E-state index is 0.0493. The number of carbonyl (C=O) groups excluding carboxylic acids is 2. The summed E-state index contributed by atoms with van der Waals surface area (Å²) >= 11 is 0. The number of ether oxygens (including phenoxy) is 1. The average Bonchev–Trinajstić information content (AvgIpc) is 3.14. The summed E-state index contributed by atoms with van der Waals surface area (Å²) in [5.74, 6) is 0.344. The van der Waals surface area contributed by atoms with Gasteiger partial charge in [0.25, 0.3) is 10.0 Å². The molecule has 0 aliphatic carbocycles. The van der Waals surface area contributed by atoms with Crippen LogP contribution in [-0.4, -0.2) is 44.3 Å². The van der Waals surface area contributed by atoms with Crippen molar-refractivity contribution in [1.82, 2.24) is 10.2 Å². The molecule has 1 N–H and O–H groups in total. The van der Waals surface area contributed by atoms with Crippen LogP contribution in [0.3, 0.4) is 0 Å². The molecule has 258 valence electrons. The third-order valence-electron chi connectivity index (χ3n) is 8.29. The van der Waals surface area contributed by atoms with Crippen LogP contribution in [0.2, 0.25) is 0 Å². The van der Waals surface area contributed by atoms with Gasteiger partial charge in [-0.25, -0.2) is 8.42 Å².